The van der Waals surface area contributed by atoms with Gasteiger partial charge in [0.25, 0.3) is 0 Å². The number of hydrogen-bond acceptors (Lipinski definition) is 5. The van der Waals surface area contributed by atoms with Crippen molar-refractivity contribution in [3.05, 3.63) is 16.1 Å². The number of aliphatic imine (C=N–C) groups is 1. The van der Waals surface area contributed by atoms with Crippen LogP contribution in [-0.4, -0.2) is 73.2 Å². The van der Waals surface area contributed by atoms with Crippen LogP contribution in [0.1, 0.15) is 24.0 Å². The fraction of sp³-hybridized carbons (Fsp3) is 0.765. The van der Waals surface area contributed by atoms with Crippen LogP contribution in [0.5, 0.6) is 0 Å². The fourth-order valence-corrected chi connectivity index (χ4v) is 4.13. The van der Waals surface area contributed by atoms with E-state index in [1.807, 2.05) is 6.92 Å². The van der Waals surface area contributed by atoms with Crippen molar-refractivity contribution in [2.24, 2.45) is 10.9 Å². The maximum Gasteiger partial charge on any atom is 0.434 e. The summed E-state index contributed by atoms with van der Waals surface area (Å²) in [6.07, 6.45) is -3.30. The van der Waals surface area contributed by atoms with Gasteiger partial charge in [0.15, 0.2) is 11.7 Å². The molecule has 3 heterocycles. The molecular weight excluding hydrogens is 379 g/mol. The molecule has 1 unspecified atom stereocenters. The lowest BCUT2D eigenvalue weighted by molar-refractivity contribution is -0.140. The van der Waals surface area contributed by atoms with E-state index >= 15 is 0 Å². The van der Waals surface area contributed by atoms with Gasteiger partial charge in [-0.25, -0.2) is 9.98 Å². The van der Waals surface area contributed by atoms with Crippen molar-refractivity contribution in [3.8, 4) is 0 Å². The molecule has 1 aromatic heterocycles. The minimum Gasteiger partial charge on any atom is -0.379 e. The summed E-state index contributed by atoms with van der Waals surface area (Å²) in [5.74, 6) is 1.33. The lowest BCUT2D eigenvalue weighted by atomic mass is 10.1. The number of alkyl halides is 3. The third-order valence-corrected chi connectivity index (χ3v) is 5.58. The Bertz CT molecular complexity index is 630. The third-order valence-electron chi connectivity index (χ3n) is 4.75. The van der Waals surface area contributed by atoms with Crippen molar-refractivity contribution in [3.63, 3.8) is 0 Å². The molecule has 152 valence electrons. The van der Waals surface area contributed by atoms with E-state index in [0.29, 0.717) is 10.9 Å². The number of morpholine rings is 1. The molecule has 27 heavy (non-hydrogen) atoms. The zero-order valence-corrected chi connectivity index (χ0v) is 16.3. The Hall–Kier alpha value is -1.39. The number of rotatable bonds is 5. The Balaban J connectivity index is 1.56. The zero-order valence-electron chi connectivity index (χ0n) is 15.5. The molecule has 0 amide bonds. The normalized spacial score (nSPS) is 22.4. The minimum absolute atomic E-state index is 0.160. The Morgan fingerprint density at radius 3 is 2.81 bits per heavy atom. The molecule has 0 aromatic carbocycles. The average Bonchev–Trinajstić information content (AvgIpc) is 3.29. The monoisotopic (exact) mass is 405 g/mol. The van der Waals surface area contributed by atoms with Gasteiger partial charge in [-0.15, -0.1) is 11.3 Å². The summed E-state index contributed by atoms with van der Waals surface area (Å²) in [6, 6.07) is 0. The number of guanidine groups is 1. The van der Waals surface area contributed by atoms with Gasteiger partial charge in [0.05, 0.1) is 19.8 Å². The van der Waals surface area contributed by atoms with Crippen molar-refractivity contribution < 1.29 is 17.9 Å². The van der Waals surface area contributed by atoms with Gasteiger partial charge in [-0.05, 0) is 19.3 Å². The van der Waals surface area contributed by atoms with Crippen LogP contribution in [-0.2, 0) is 17.5 Å². The molecule has 0 spiro atoms. The van der Waals surface area contributed by atoms with Crippen LogP contribution in [0.25, 0.3) is 0 Å². The van der Waals surface area contributed by atoms with Crippen molar-refractivity contribution in [2.75, 3.05) is 52.5 Å². The van der Waals surface area contributed by atoms with Gasteiger partial charge >= 0.3 is 6.18 Å². The van der Waals surface area contributed by atoms with Gasteiger partial charge in [0.2, 0.25) is 0 Å². The predicted octanol–water partition coefficient (Wildman–Crippen LogP) is 2.28. The van der Waals surface area contributed by atoms with Crippen LogP contribution in [0.2, 0.25) is 0 Å². The standard InChI is InChI=1S/C17H26F3N5OS/c1-2-21-16(22-9-15-23-14(12-27-15)17(18,19)20)25-4-3-13(11-25)10-24-5-7-26-8-6-24/h12-13H,2-11H2,1H3,(H,21,22). The largest absolute Gasteiger partial charge is 0.434 e. The number of halogens is 3. The first kappa shape index (κ1) is 20.3. The van der Waals surface area contributed by atoms with Crippen LogP contribution in [0.4, 0.5) is 13.2 Å². The molecule has 1 aromatic rings. The Morgan fingerprint density at radius 1 is 1.37 bits per heavy atom. The van der Waals surface area contributed by atoms with Crippen molar-refractivity contribution >= 4 is 17.3 Å². The molecule has 1 N–H and O–H groups in total. The van der Waals surface area contributed by atoms with Gasteiger partial charge in [0, 0.05) is 44.6 Å². The van der Waals surface area contributed by atoms with Gasteiger partial charge < -0.3 is 15.0 Å². The Morgan fingerprint density at radius 2 is 2.15 bits per heavy atom. The van der Waals surface area contributed by atoms with E-state index in [1.165, 1.54) is 0 Å². The maximum atomic E-state index is 12.7. The second-order valence-corrected chi connectivity index (χ2v) is 7.75. The van der Waals surface area contributed by atoms with Crippen LogP contribution in [0.3, 0.4) is 0 Å². The molecule has 0 bridgehead atoms. The predicted molar refractivity (Wildman–Crippen MR) is 98.9 cm³/mol. The molecule has 2 fully saturated rings. The van der Waals surface area contributed by atoms with Gasteiger partial charge in [0.1, 0.15) is 5.01 Å². The third kappa shape index (κ3) is 5.79. The fourth-order valence-electron chi connectivity index (χ4n) is 3.40. The summed E-state index contributed by atoms with van der Waals surface area (Å²) < 4.78 is 43.4. The van der Waals surface area contributed by atoms with Gasteiger partial charge in [-0.2, -0.15) is 13.2 Å². The summed E-state index contributed by atoms with van der Waals surface area (Å²) in [6.45, 7) is 9.31. The highest BCUT2D eigenvalue weighted by molar-refractivity contribution is 7.09. The van der Waals surface area contributed by atoms with Crippen molar-refractivity contribution in [2.45, 2.75) is 26.1 Å². The summed E-state index contributed by atoms with van der Waals surface area (Å²) in [5, 5.41) is 4.68. The van der Waals surface area contributed by atoms with E-state index in [-0.39, 0.29) is 6.54 Å². The molecule has 2 aliphatic rings. The van der Waals surface area contributed by atoms with Gasteiger partial charge in [-0.1, -0.05) is 0 Å². The van der Waals surface area contributed by atoms with Crippen LogP contribution < -0.4 is 5.32 Å². The van der Waals surface area contributed by atoms with E-state index in [1.54, 1.807) is 0 Å². The zero-order chi connectivity index (χ0) is 19.3. The summed E-state index contributed by atoms with van der Waals surface area (Å²) in [7, 11) is 0. The first-order valence-corrected chi connectivity index (χ1v) is 10.2. The first-order valence-electron chi connectivity index (χ1n) is 9.30. The SMILES string of the molecule is CCNC(=NCc1nc(C(F)(F)F)cs1)N1CCC(CN2CCOCC2)C1. The highest BCUT2D eigenvalue weighted by atomic mass is 32.1. The molecule has 1 atom stereocenters. The van der Waals surface area contributed by atoms with Crippen LogP contribution >= 0.6 is 11.3 Å². The quantitative estimate of drug-likeness (QED) is 0.602. The summed E-state index contributed by atoms with van der Waals surface area (Å²) in [5.41, 5.74) is -0.838. The van der Waals surface area contributed by atoms with E-state index < -0.39 is 11.9 Å². The summed E-state index contributed by atoms with van der Waals surface area (Å²) >= 11 is 1.000. The Labute approximate surface area is 161 Å². The number of nitrogens with zero attached hydrogens (tertiary/aromatic N) is 4. The number of likely N-dealkylation sites (tertiary alicyclic amines) is 1. The van der Waals surface area contributed by atoms with Crippen molar-refractivity contribution in [1.82, 2.24) is 20.1 Å². The minimum atomic E-state index is -4.40. The molecule has 0 saturated carbocycles. The molecule has 3 rings (SSSR count). The Kier molecular flexibility index (Phi) is 6.93. The second-order valence-electron chi connectivity index (χ2n) is 6.81. The van der Waals surface area contributed by atoms with Crippen LogP contribution in [0, 0.1) is 5.92 Å². The highest BCUT2D eigenvalue weighted by Gasteiger charge is 2.33. The van der Waals surface area contributed by atoms with E-state index in [4.69, 9.17) is 4.74 Å². The molecule has 2 saturated heterocycles. The molecule has 2 aliphatic heterocycles. The molecule has 0 aliphatic carbocycles. The van der Waals surface area contributed by atoms with E-state index in [9.17, 15) is 13.2 Å². The summed E-state index contributed by atoms with van der Waals surface area (Å²) in [4.78, 5) is 12.8. The van der Waals surface area contributed by atoms with Crippen LogP contribution in [0.15, 0.2) is 10.4 Å². The smallest absolute Gasteiger partial charge is 0.379 e. The average molecular weight is 405 g/mol. The number of thiazole rings is 1. The van der Waals surface area contributed by atoms with Crippen molar-refractivity contribution in [1.29, 1.82) is 0 Å². The number of ether oxygens (including phenoxy) is 1. The lowest BCUT2D eigenvalue weighted by Crippen LogP contribution is -2.42. The lowest BCUT2D eigenvalue weighted by Gasteiger charge is -2.29. The highest BCUT2D eigenvalue weighted by Crippen LogP contribution is 2.30. The van der Waals surface area contributed by atoms with E-state index in [0.717, 1.165) is 81.6 Å². The molecular formula is C17H26F3N5OS. The second kappa shape index (κ2) is 9.20. The molecule has 0 radical (unpaired) electrons. The van der Waals surface area contributed by atoms with Gasteiger partial charge in [-0.3, -0.25) is 4.90 Å². The number of aromatic nitrogens is 1. The number of nitrogens with one attached hydrogen (secondary N) is 1. The molecule has 6 nitrogen and oxygen atoms in total. The topological polar surface area (TPSA) is 53.0 Å². The number of hydrogen-bond donors (Lipinski definition) is 1. The first-order chi connectivity index (χ1) is 13.0. The van der Waals surface area contributed by atoms with E-state index in [2.05, 4.69) is 25.1 Å². The molecule has 10 heteroatoms. The maximum absolute atomic E-state index is 12.7.